The van der Waals surface area contributed by atoms with Crippen LogP contribution in [0.5, 0.6) is 0 Å². The summed E-state index contributed by atoms with van der Waals surface area (Å²) in [4.78, 5) is 25.2. The molecular formula is C21H25ClN2O4. The first-order valence-electron chi connectivity index (χ1n) is 8.85. The summed E-state index contributed by atoms with van der Waals surface area (Å²) in [6.07, 6.45) is -1.31. The summed E-state index contributed by atoms with van der Waals surface area (Å²) in [5.41, 5.74) is 0.948. The molecule has 2 aromatic rings. The molecule has 0 aliphatic heterocycles. The minimum Gasteiger partial charge on any atom is -0.443 e. The summed E-state index contributed by atoms with van der Waals surface area (Å²) in [6, 6.07) is 16.3. The van der Waals surface area contributed by atoms with E-state index in [0.29, 0.717) is 5.02 Å². The van der Waals surface area contributed by atoms with Gasteiger partial charge in [-0.2, -0.15) is 0 Å². The van der Waals surface area contributed by atoms with Crippen LogP contribution < -0.4 is 0 Å². The number of hydrazine groups is 1. The van der Waals surface area contributed by atoms with Crippen molar-refractivity contribution in [2.75, 3.05) is 7.05 Å². The summed E-state index contributed by atoms with van der Waals surface area (Å²) < 4.78 is 10.8. The van der Waals surface area contributed by atoms with Gasteiger partial charge in [0.25, 0.3) is 0 Å². The van der Waals surface area contributed by atoms with Crippen molar-refractivity contribution in [2.24, 2.45) is 0 Å². The molecule has 0 heterocycles. The molecule has 0 spiro atoms. The number of carbonyl (C=O) groups is 2. The molecule has 0 saturated carbocycles. The van der Waals surface area contributed by atoms with Crippen LogP contribution >= 0.6 is 11.6 Å². The molecule has 0 radical (unpaired) electrons. The fraction of sp³-hybridized carbons (Fsp3) is 0.333. The molecule has 0 atom stereocenters. The lowest BCUT2D eigenvalue weighted by atomic mass is 10.2. The van der Waals surface area contributed by atoms with Gasteiger partial charge in [-0.3, -0.25) is 0 Å². The molecule has 2 amide bonds. The molecule has 0 aromatic heterocycles. The van der Waals surface area contributed by atoms with Crippen molar-refractivity contribution >= 4 is 23.8 Å². The second kappa shape index (κ2) is 9.46. The smallest absolute Gasteiger partial charge is 0.429 e. The second-order valence-corrected chi connectivity index (χ2v) is 7.66. The quantitative estimate of drug-likeness (QED) is 0.652. The van der Waals surface area contributed by atoms with E-state index in [9.17, 15) is 9.59 Å². The number of hydrogen-bond acceptors (Lipinski definition) is 4. The van der Waals surface area contributed by atoms with Crippen LogP contribution in [0.2, 0.25) is 5.02 Å². The van der Waals surface area contributed by atoms with Crippen LogP contribution in [0, 0.1) is 0 Å². The van der Waals surface area contributed by atoms with Crippen LogP contribution in [-0.2, 0) is 22.6 Å². The molecule has 0 saturated heterocycles. The van der Waals surface area contributed by atoms with E-state index in [2.05, 4.69) is 0 Å². The van der Waals surface area contributed by atoms with Gasteiger partial charge in [0.15, 0.2) is 0 Å². The van der Waals surface area contributed by atoms with E-state index >= 15 is 0 Å². The molecule has 0 aliphatic carbocycles. The minimum absolute atomic E-state index is 0.0962. The van der Waals surface area contributed by atoms with Gasteiger partial charge < -0.3 is 9.47 Å². The summed E-state index contributed by atoms with van der Waals surface area (Å²) in [6.45, 7) is 5.50. The highest BCUT2D eigenvalue weighted by Gasteiger charge is 2.28. The first kappa shape index (κ1) is 21.6. The Kier molecular flexibility index (Phi) is 7.29. The van der Waals surface area contributed by atoms with Crippen molar-refractivity contribution in [1.82, 2.24) is 10.0 Å². The third-order valence-electron chi connectivity index (χ3n) is 3.68. The lowest BCUT2D eigenvalue weighted by Crippen LogP contribution is -2.48. The van der Waals surface area contributed by atoms with E-state index in [4.69, 9.17) is 21.1 Å². The highest BCUT2D eigenvalue weighted by molar-refractivity contribution is 6.30. The number of carbonyl (C=O) groups excluding carboxylic acids is 2. The second-order valence-electron chi connectivity index (χ2n) is 7.23. The Morgan fingerprint density at radius 3 is 2.11 bits per heavy atom. The van der Waals surface area contributed by atoms with Gasteiger partial charge in [-0.05, 0) is 44.0 Å². The average Bonchev–Trinajstić information content (AvgIpc) is 2.64. The summed E-state index contributed by atoms with van der Waals surface area (Å²) in [5, 5.41) is 2.90. The van der Waals surface area contributed by atoms with Gasteiger partial charge in [-0.1, -0.05) is 54.1 Å². The fourth-order valence-electron chi connectivity index (χ4n) is 2.28. The minimum atomic E-state index is -0.689. The van der Waals surface area contributed by atoms with Crippen molar-refractivity contribution < 1.29 is 19.1 Å². The highest BCUT2D eigenvalue weighted by atomic mass is 35.5. The van der Waals surface area contributed by atoms with Gasteiger partial charge in [0.1, 0.15) is 12.2 Å². The first-order chi connectivity index (χ1) is 13.2. The Morgan fingerprint density at radius 1 is 0.929 bits per heavy atom. The molecule has 2 rings (SSSR count). The van der Waals surface area contributed by atoms with Crippen molar-refractivity contribution in [2.45, 2.75) is 39.5 Å². The largest absolute Gasteiger partial charge is 0.443 e. The standard InChI is InChI=1S/C21H25ClN2O4/c1-21(2,3)28-19(25)23(4)24(14-16-10-12-18(22)13-11-16)20(26)27-15-17-8-6-5-7-9-17/h5-13H,14-15H2,1-4H3. The first-order valence-corrected chi connectivity index (χ1v) is 9.23. The van der Waals surface area contributed by atoms with Gasteiger partial charge >= 0.3 is 12.2 Å². The fourth-order valence-corrected chi connectivity index (χ4v) is 2.40. The van der Waals surface area contributed by atoms with E-state index in [1.807, 2.05) is 30.3 Å². The Balaban J connectivity index is 2.15. The van der Waals surface area contributed by atoms with Gasteiger partial charge in [0.05, 0.1) is 6.54 Å². The van der Waals surface area contributed by atoms with Crippen LogP contribution in [0.3, 0.4) is 0 Å². The molecule has 6 nitrogen and oxygen atoms in total. The summed E-state index contributed by atoms with van der Waals surface area (Å²) in [5.74, 6) is 0. The number of ether oxygens (including phenoxy) is 2. The molecule has 150 valence electrons. The lowest BCUT2D eigenvalue weighted by molar-refractivity contribution is -0.0400. The number of nitrogens with zero attached hydrogens (tertiary/aromatic N) is 2. The Hall–Kier alpha value is -2.73. The molecular weight excluding hydrogens is 380 g/mol. The topological polar surface area (TPSA) is 59.1 Å². The third-order valence-corrected chi connectivity index (χ3v) is 3.93. The molecule has 2 aromatic carbocycles. The molecule has 0 fully saturated rings. The van der Waals surface area contributed by atoms with Crippen molar-refractivity contribution in [3.8, 4) is 0 Å². The third kappa shape index (κ3) is 6.78. The zero-order valence-electron chi connectivity index (χ0n) is 16.5. The van der Waals surface area contributed by atoms with Crippen LogP contribution in [0.25, 0.3) is 0 Å². The number of hydrogen-bond donors (Lipinski definition) is 0. The van der Waals surface area contributed by atoms with Crippen molar-refractivity contribution in [3.63, 3.8) is 0 Å². The van der Waals surface area contributed by atoms with Gasteiger partial charge in [0.2, 0.25) is 0 Å². The van der Waals surface area contributed by atoms with Crippen LogP contribution in [-0.4, -0.2) is 34.9 Å². The zero-order chi connectivity index (χ0) is 20.7. The van der Waals surface area contributed by atoms with Gasteiger partial charge in [-0.15, -0.1) is 0 Å². The number of halogens is 1. The molecule has 7 heteroatoms. The van der Waals surface area contributed by atoms with Crippen LogP contribution in [0.4, 0.5) is 9.59 Å². The lowest BCUT2D eigenvalue weighted by Gasteiger charge is -2.32. The summed E-state index contributed by atoms with van der Waals surface area (Å²) >= 11 is 5.92. The van der Waals surface area contributed by atoms with E-state index in [1.54, 1.807) is 45.0 Å². The normalized spacial score (nSPS) is 10.9. The number of amides is 2. The Bertz CT molecular complexity index is 788. The van der Waals surface area contributed by atoms with Crippen molar-refractivity contribution in [3.05, 3.63) is 70.7 Å². The zero-order valence-corrected chi connectivity index (χ0v) is 17.3. The average molecular weight is 405 g/mol. The number of benzene rings is 2. The Morgan fingerprint density at radius 2 is 1.54 bits per heavy atom. The highest BCUT2D eigenvalue weighted by Crippen LogP contribution is 2.16. The maximum Gasteiger partial charge on any atom is 0.429 e. The Labute approximate surface area is 170 Å². The maximum atomic E-state index is 12.7. The van der Waals surface area contributed by atoms with Gasteiger partial charge in [-0.25, -0.2) is 19.6 Å². The summed E-state index contributed by atoms with van der Waals surface area (Å²) in [7, 11) is 1.47. The monoisotopic (exact) mass is 404 g/mol. The van der Waals surface area contributed by atoms with Crippen LogP contribution in [0.1, 0.15) is 31.9 Å². The SMILES string of the molecule is CN(C(=O)OC(C)(C)C)N(Cc1ccc(Cl)cc1)C(=O)OCc1ccccc1. The van der Waals surface area contributed by atoms with Crippen LogP contribution in [0.15, 0.2) is 54.6 Å². The van der Waals surface area contributed by atoms with Gasteiger partial charge in [0, 0.05) is 12.1 Å². The molecule has 0 aliphatic rings. The molecule has 28 heavy (non-hydrogen) atoms. The molecule has 0 N–H and O–H groups in total. The van der Waals surface area contributed by atoms with E-state index in [1.165, 1.54) is 12.1 Å². The molecule has 0 bridgehead atoms. The van der Waals surface area contributed by atoms with Crippen molar-refractivity contribution in [1.29, 1.82) is 0 Å². The predicted molar refractivity (Wildman–Crippen MR) is 108 cm³/mol. The number of rotatable bonds is 4. The van der Waals surface area contributed by atoms with E-state index < -0.39 is 17.8 Å². The van der Waals surface area contributed by atoms with E-state index in [0.717, 1.165) is 16.1 Å². The predicted octanol–water partition coefficient (Wildman–Crippen LogP) is 5.26. The maximum absolute atomic E-state index is 12.7. The van der Waals surface area contributed by atoms with E-state index in [-0.39, 0.29) is 13.2 Å². The molecule has 0 unspecified atom stereocenters.